The summed E-state index contributed by atoms with van der Waals surface area (Å²) < 4.78 is 6.00. The van der Waals surface area contributed by atoms with Gasteiger partial charge >= 0.3 is 29.6 Å². The Kier molecular flexibility index (Phi) is 8.62. The molecule has 0 heterocycles. The van der Waals surface area contributed by atoms with E-state index in [2.05, 4.69) is 0 Å². The summed E-state index contributed by atoms with van der Waals surface area (Å²) in [5.41, 5.74) is 1.21. The molecule has 0 aliphatic carbocycles. The van der Waals surface area contributed by atoms with Crippen molar-refractivity contribution in [2.75, 3.05) is 0 Å². The van der Waals surface area contributed by atoms with Gasteiger partial charge in [0.15, 0.2) is 0 Å². The van der Waals surface area contributed by atoms with Crippen molar-refractivity contribution in [3.05, 3.63) is 99.5 Å². The molecule has 0 bridgehead atoms. The summed E-state index contributed by atoms with van der Waals surface area (Å²) in [7, 11) is 0. The molecule has 144 valence electrons. The molecular weight excluding hydrogens is 418 g/mol. The van der Waals surface area contributed by atoms with E-state index in [-0.39, 0.29) is 36.0 Å². The molecule has 0 N–H and O–H groups in total. The number of rotatable bonds is 7. The van der Waals surface area contributed by atoms with Crippen LogP contribution in [0.25, 0.3) is 0 Å². The first-order valence-corrected chi connectivity index (χ1v) is 9.58. The number of para-hydroxylation sites is 1. The number of hydrogen-bond donors (Lipinski definition) is 0. The normalized spacial score (nSPS) is 12.5. The SMILES string of the molecule is CC(Cc1ccc(Cl)cc1)(Oc1ccccc1Cc1ccc(Cl)cc1)C(=O)[O-].[Na+]. The van der Waals surface area contributed by atoms with Crippen molar-refractivity contribution in [3.8, 4) is 5.75 Å². The van der Waals surface area contributed by atoms with E-state index in [9.17, 15) is 9.90 Å². The first kappa shape index (κ1) is 23.8. The minimum Gasteiger partial charge on any atom is -0.546 e. The van der Waals surface area contributed by atoms with Crippen molar-refractivity contribution in [2.45, 2.75) is 25.4 Å². The molecule has 3 rings (SSSR count). The Bertz CT molecular complexity index is 959. The monoisotopic (exact) mass is 436 g/mol. The van der Waals surface area contributed by atoms with Crippen molar-refractivity contribution < 1.29 is 44.2 Å². The summed E-state index contributed by atoms with van der Waals surface area (Å²) in [6.45, 7) is 1.52. The molecule has 0 saturated carbocycles. The summed E-state index contributed by atoms with van der Waals surface area (Å²) in [6, 6.07) is 21.9. The van der Waals surface area contributed by atoms with Crippen molar-refractivity contribution in [1.82, 2.24) is 0 Å². The van der Waals surface area contributed by atoms with Crippen LogP contribution in [0.4, 0.5) is 0 Å². The van der Waals surface area contributed by atoms with E-state index in [4.69, 9.17) is 27.9 Å². The van der Waals surface area contributed by atoms with Crippen LogP contribution in [0.15, 0.2) is 72.8 Å². The molecule has 3 aromatic rings. The molecule has 0 aliphatic heterocycles. The van der Waals surface area contributed by atoms with Gasteiger partial charge in [-0.25, -0.2) is 0 Å². The number of aliphatic carboxylic acids is 1. The molecule has 0 aromatic heterocycles. The van der Waals surface area contributed by atoms with E-state index in [1.54, 1.807) is 30.3 Å². The van der Waals surface area contributed by atoms with Crippen LogP contribution in [0.3, 0.4) is 0 Å². The molecule has 6 heteroatoms. The van der Waals surface area contributed by atoms with E-state index >= 15 is 0 Å². The fourth-order valence-electron chi connectivity index (χ4n) is 2.96. The van der Waals surface area contributed by atoms with Gasteiger partial charge in [0.05, 0.1) is 5.97 Å². The van der Waals surface area contributed by atoms with Crippen LogP contribution in [-0.4, -0.2) is 11.6 Å². The first-order valence-electron chi connectivity index (χ1n) is 8.83. The Hall–Kier alpha value is -1.49. The molecule has 1 atom stereocenters. The molecule has 0 amide bonds. The largest absolute Gasteiger partial charge is 1.00 e. The summed E-state index contributed by atoms with van der Waals surface area (Å²) in [6.07, 6.45) is 0.749. The Morgan fingerprint density at radius 3 is 1.97 bits per heavy atom. The molecule has 3 aromatic carbocycles. The van der Waals surface area contributed by atoms with Gasteiger partial charge in [-0.1, -0.05) is 65.7 Å². The standard InChI is InChI=1S/C23H20Cl2O3.Na/c1-23(22(26)27,15-17-8-12-20(25)13-9-17)28-21-5-3-2-4-18(21)14-16-6-10-19(24)11-7-16;/h2-13H,14-15H2,1H3,(H,26,27);/q;+1/p-1. The minimum atomic E-state index is -1.52. The minimum absolute atomic E-state index is 0. The predicted octanol–water partition coefficient (Wildman–Crippen LogP) is 1.72. The van der Waals surface area contributed by atoms with Crippen molar-refractivity contribution in [2.24, 2.45) is 0 Å². The maximum absolute atomic E-state index is 11.9. The van der Waals surface area contributed by atoms with Crippen molar-refractivity contribution in [3.63, 3.8) is 0 Å². The van der Waals surface area contributed by atoms with Gasteiger partial charge in [0.2, 0.25) is 0 Å². The number of benzene rings is 3. The summed E-state index contributed by atoms with van der Waals surface area (Å²) in [5, 5.41) is 13.2. The zero-order chi connectivity index (χ0) is 20.1. The van der Waals surface area contributed by atoms with E-state index in [1.807, 2.05) is 42.5 Å². The van der Waals surface area contributed by atoms with Crippen LogP contribution in [-0.2, 0) is 17.6 Å². The van der Waals surface area contributed by atoms with Crippen LogP contribution in [0.1, 0.15) is 23.6 Å². The molecular formula is C23H19Cl2NaO3. The quantitative estimate of drug-likeness (QED) is 0.529. The Morgan fingerprint density at radius 1 is 0.897 bits per heavy atom. The van der Waals surface area contributed by atoms with Gasteiger partial charge in [-0.15, -0.1) is 0 Å². The van der Waals surface area contributed by atoms with Crippen LogP contribution in [0.5, 0.6) is 5.75 Å². The number of halogens is 2. The second kappa shape index (κ2) is 10.5. The molecule has 3 nitrogen and oxygen atoms in total. The van der Waals surface area contributed by atoms with E-state index in [0.717, 1.165) is 16.7 Å². The van der Waals surface area contributed by atoms with E-state index < -0.39 is 11.6 Å². The van der Waals surface area contributed by atoms with Crippen LogP contribution < -0.4 is 39.4 Å². The van der Waals surface area contributed by atoms with Crippen LogP contribution in [0, 0.1) is 0 Å². The number of carboxylic acids is 1. The molecule has 0 radical (unpaired) electrons. The molecule has 0 aliphatic rings. The van der Waals surface area contributed by atoms with Gasteiger partial charge in [-0.2, -0.15) is 0 Å². The number of carbonyl (C=O) groups is 1. The van der Waals surface area contributed by atoms with Gasteiger partial charge in [-0.3, -0.25) is 0 Å². The molecule has 1 unspecified atom stereocenters. The topological polar surface area (TPSA) is 49.4 Å². The number of carbonyl (C=O) groups excluding carboxylic acids is 1. The zero-order valence-electron chi connectivity index (χ0n) is 16.3. The van der Waals surface area contributed by atoms with Crippen molar-refractivity contribution in [1.29, 1.82) is 0 Å². The second-order valence-corrected chi connectivity index (χ2v) is 7.71. The van der Waals surface area contributed by atoms with E-state index in [0.29, 0.717) is 22.2 Å². The number of hydrogen-bond acceptors (Lipinski definition) is 3. The second-order valence-electron chi connectivity index (χ2n) is 6.83. The van der Waals surface area contributed by atoms with Gasteiger partial charge in [0.25, 0.3) is 0 Å². The van der Waals surface area contributed by atoms with E-state index in [1.165, 1.54) is 6.92 Å². The summed E-state index contributed by atoms with van der Waals surface area (Å²) >= 11 is 11.9. The first-order chi connectivity index (χ1) is 13.4. The van der Waals surface area contributed by atoms with Crippen LogP contribution >= 0.6 is 23.2 Å². The third kappa shape index (κ3) is 6.50. The van der Waals surface area contributed by atoms with Crippen molar-refractivity contribution >= 4 is 29.2 Å². The zero-order valence-corrected chi connectivity index (χ0v) is 19.8. The third-order valence-corrected chi connectivity index (χ3v) is 5.01. The molecule has 0 fully saturated rings. The Labute approximate surface area is 202 Å². The summed E-state index contributed by atoms with van der Waals surface area (Å²) in [5.74, 6) is -0.762. The fraction of sp³-hybridized carbons (Fsp3) is 0.174. The van der Waals surface area contributed by atoms with Gasteiger partial charge in [-0.05, 0) is 53.9 Å². The van der Waals surface area contributed by atoms with Crippen LogP contribution in [0.2, 0.25) is 10.0 Å². The Balaban J connectivity index is 0.00000300. The molecule has 0 spiro atoms. The van der Waals surface area contributed by atoms with Gasteiger partial charge < -0.3 is 14.6 Å². The smallest absolute Gasteiger partial charge is 0.546 e. The summed E-state index contributed by atoms with van der Waals surface area (Å²) in [4.78, 5) is 11.9. The molecule has 29 heavy (non-hydrogen) atoms. The Morgan fingerprint density at radius 2 is 1.41 bits per heavy atom. The average molecular weight is 437 g/mol. The molecule has 0 saturated heterocycles. The number of carboxylic acid groups (broad SMARTS) is 1. The predicted molar refractivity (Wildman–Crippen MR) is 110 cm³/mol. The average Bonchev–Trinajstić information content (AvgIpc) is 2.67. The maximum Gasteiger partial charge on any atom is 1.00 e. The maximum atomic E-state index is 11.9. The van der Waals surface area contributed by atoms with Gasteiger partial charge in [0, 0.05) is 22.9 Å². The number of ether oxygens (including phenoxy) is 1. The van der Waals surface area contributed by atoms with Gasteiger partial charge in [0.1, 0.15) is 11.4 Å². The fourth-order valence-corrected chi connectivity index (χ4v) is 3.21. The third-order valence-electron chi connectivity index (χ3n) is 4.50.